The van der Waals surface area contributed by atoms with Crippen LogP contribution in [-0.2, 0) is 41.7 Å². The van der Waals surface area contributed by atoms with Crippen LogP contribution < -0.4 is 10.0 Å². The van der Waals surface area contributed by atoms with E-state index in [4.69, 9.17) is 16.3 Å². The molecule has 1 aliphatic heterocycles. The first-order chi connectivity index (χ1) is 18.7. The molecule has 0 spiro atoms. The fourth-order valence-corrected chi connectivity index (χ4v) is 5.27. The lowest BCUT2D eigenvalue weighted by Gasteiger charge is -2.11. The van der Waals surface area contributed by atoms with Crippen LogP contribution in [0, 0.1) is 0 Å². The molecule has 15 heteroatoms. The summed E-state index contributed by atoms with van der Waals surface area (Å²) in [6.07, 6.45) is -3.71. The molecule has 2 aromatic carbocycles. The predicted molar refractivity (Wildman–Crippen MR) is 138 cm³/mol. The summed E-state index contributed by atoms with van der Waals surface area (Å²) in [5, 5.41) is 2.50. The lowest BCUT2D eigenvalue weighted by Crippen LogP contribution is -2.13. The maximum atomic E-state index is 13.0. The molecule has 1 amide bonds. The average Bonchev–Trinajstić information content (AvgIpc) is 3.37. The number of esters is 2. The first kappa shape index (κ1) is 28.7. The number of ether oxygens (including phenoxy) is 2. The number of anilines is 2. The molecule has 1 aliphatic rings. The number of aromatic nitrogens is 1. The van der Waals surface area contributed by atoms with E-state index in [1.165, 1.54) is 24.3 Å². The minimum atomic E-state index is -4.59. The van der Waals surface area contributed by atoms with Gasteiger partial charge in [-0.25, -0.2) is 13.2 Å². The first-order valence-electron chi connectivity index (χ1n) is 11.2. The largest absolute Gasteiger partial charge is 0.469 e. The van der Waals surface area contributed by atoms with Crippen molar-refractivity contribution in [1.82, 2.24) is 4.98 Å². The number of methoxy groups -OCH3 is 2. The molecule has 40 heavy (non-hydrogen) atoms. The Bertz CT molecular complexity index is 1660. The maximum Gasteiger partial charge on any atom is 0.416 e. The molecule has 2 heterocycles. The molecule has 0 fully saturated rings. The topological polar surface area (TPSA) is 144 Å². The van der Waals surface area contributed by atoms with Crippen LogP contribution in [-0.4, -0.2) is 45.5 Å². The summed E-state index contributed by atoms with van der Waals surface area (Å²) in [6.45, 7) is 0. The molecular weight excluding hydrogens is 579 g/mol. The van der Waals surface area contributed by atoms with Gasteiger partial charge in [-0.2, -0.15) is 13.2 Å². The number of benzene rings is 2. The van der Waals surface area contributed by atoms with Gasteiger partial charge in [0.2, 0.25) is 0 Å². The third-order valence-electron chi connectivity index (χ3n) is 5.86. The van der Waals surface area contributed by atoms with Gasteiger partial charge in [-0.3, -0.25) is 14.3 Å². The number of hydrogen-bond donors (Lipinski definition) is 3. The van der Waals surface area contributed by atoms with Gasteiger partial charge in [0.1, 0.15) is 5.15 Å². The van der Waals surface area contributed by atoms with Crippen molar-refractivity contribution < 1.29 is 45.4 Å². The van der Waals surface area contributed by atoms with E-state index in [-0.39, 0.29) is 55.8 Å². The lowest BCUT2D eigenvalue weighted by molar-refractivity contribution is -0.140. The summed E-state index contributed by atoms with van der Waals surface area (Å²) in [4.78, 5) is 39.6. The Hall–Kier alpha value is -4.30. The lowest BCUT2D eigenvalue weighted by atomic mass is 10.0. The van der Waals surface area contributed by atoms with Gasteiger partial charge in [0, 0.05) is 22.5 Å². The molecule has 0 saturated carbocycles. The number of carbonyl (C=O) groups is 3. The number of sulfonamides is 1. The Balaban J connectivity index is 1.73. The van der Waals surface area contributed by atoms with Crippen LogP contribution in [0.5, 0.6) is 0 Å². The van der Waals surface area contributed by atoms with E-state index in [0.717, 1.165) is 38.5 Å². The molecule has 0 bridgehead atoms. The Kier molecular flexibility index (Phi) is 7.67. The highest BCUT2D eigenvalue weighted by Crippen LogP contribution is 2.37. The summed E-state index contributed by atoms with van der Waals surface area (Å²) < 4.78 is 76.1. The van der Waals surface area contributed by atoms with Crippen molar-refractivity contribution in [1.29, 1.82) is 0 Å². The predicted octanol–water partition coefficient (Wildman–Crippen LogP) is 4.48. The standard InChI is InChI=1S/C25H19ClF3N3O7S/c1-38-20(33)11-17-21(24(35)39-2)19(30-22(17)26)10-16-15-9-14(7-8-18(15)31-23(16)34)40(36,37)32-13-5-3-12(4-6-13)25(27,28)29/h3-10,30,32H,11H2,1-2H3,(H,31,34). The zero-order valence-electron chi connectivity index (χ0n) is 20.6. The van der Waals surface area contributed by atoms with Crippen LogP contribution >= 0.6 is 11.6 Å². The number of hydrogen-bond acceptors (Lipinski definition) is 7. The number of fused-ring (bicyclic) bond motifs is 1. The Morgan fingerprint density at radius 3 is 2.35 bits per heavy atom. The van der Waals surface area contributed by atoms with E-state index in [1.807, 2.05) is 0 Å². The van der Waals surface area contributed by atoms with Crippen LogP contribution in [0.2, 0.25) is 5.15 Å². The summed E-state index contributed by atoms with van der Waals surface area (Å²) in [7, 11) is -2.03. The van der Waals surface area contributed by atoms with Crippen molar-refractivity contribution in [2.45, 2.75) is 17.5 Å². The number of nitrogens with one attached hydrogen (secondary N) is 3. The number of rotatable bonds is 7. The van der Waals surface area contributed by atoms with E-state index in [2.05, 4.69) is 19.8 Å². The summed E-state index contributed by atoms with van der Waals surface area (Å²) in [5.74, 6) is -2.18. The van der Waals surface area contributed by atoms with Crippen molar-refractivity contribution >= 4 is 62.5 Å². The summed E-state index contributed by atoms with van der Waals surface area (Å²) in [6, 6.07) is 7.13. The van der Waals surface area contributed by atoms with Gasteiger partial charge in [-0.15, -0.1) is 0 Å². The van der Waals surface area contributed by atoms with Gasteiger partial charge in [0.15, 0.2) is 0 Å². The highest BCUT2D eigenvalue weighted by Gasteiger charge is 2.31. The highest BCUT2D eigenvalue weighted by atomic mass is 35.5. The molecule has 0 atom stereocenters. The zero-order valence-corrected chi connectivity index (χ0v) is 22.2. The number of alkyl halides is 3. The van der Waals surface area contributed by atoms with Crippen molar-refractivity contribution in [3.8, 4) is 0 Å². The van der Waals surface area contributed by atoms with Crippen LogP contribution in [0.1, 0.15) is 32.7 Å². The highest BCUT2D eigenvalue weighted by molar-refractivity contribution is 7.92. The monoisotopic (exact) mass is 597 g/mol. The van der Waals surface area contributed by atoms with Gasteiger partial charge in [-0.05, 0) is 48.5 Å². The van der Waals surface area contributed by atoms with Crippen molar-refractivity contribution in [2.75, 3.05) is 24.3 Å². The van der Waals surface area contributed by atoms with Gasteiger partial charge < -0.3 is 19.8 Å². The van der Waals surface area contributed by atoms with E-state index < -0.39 is 39.6 Å². The number of aromatic amines is 1. The number of H-pyrrole nitrogens is 1. The van der Waals surface area contributed by atoms with Crippen LogP contribution in [0.3, 0.4) is 0 Å². The number of carbonyl (C=O) groups excluding carboxylic acids is 3. The Morgan fingerprint density at radius 1 is 1.07 bits per heavy atom. The molecule has 0 aliphatic carbocycles. The van der Waals surface area contributed by atoms with Crippen molar-refractivity contribution in [3.63, 3.8) is 0 Å². The number of amides is 1. The summed E-state index contributed by atoms with van der Waals surface area (Å²) in [5.41, 5.74) is -0.729. The fourth-order valence-electron chi connectivity index (χ4n) is 3.92. The third-order valence-corrected chi connectivity index (χ3v) is 7.56. The zero-order chi connectivity index (χ0) is 29.4. The molecule has 0 radical (unpaired) electrons. The molecule has 3 aromatic rings. The number of halogens is 4. The molecule has 4 rings (SSSR count). The van der Waals surface area contributed by atoms with Crippen molar-refractivity contribution in [3.05, 3.63) is 75.6 Å². The van der Waals surface area contributed by atoms with E-state index in [9.17, 15) is 36.0 Å². The van der Waals surface area contributed by atoms with Gasteiger partial charge in [0.25, 0.3) is 15.9 Å². The minimum absolute atomic E-state index is 0.0184. The molecule has 3 N–H and O–H groups in total. The molecule has 10 nitrogen and oxygen atoms in total. The second kappa shape index (κ2) is 10.7. The molecule has 0 saturated heterocycles. The molecule has 0 unspecified atom stereocenters. The van der Waals surface area contributed by atoms with Crippen LogP contribution in [0.25, 0.3) is 11.6 Å². The molecule has 210 valence electrons. The third kappa shape index (κ3) is 5.67. The second-order valence-corrected chi connectivity index (χ2v) is 10.4. The normalized spacial score (nSPS) is 14.1. The average molecular weight is 598 g/mol. The maximum absolute atomic E-state index is 13.0. The van der Waals surface area contributed by atoms with Gasteiger partial charge in [0.05, 0.1) is 47.9 Å². The van der Waals surface area contributed by atoms with Crippen LogP contribution in [0.15, 0.2) is 47.4 Å². The summed E-state index contributed by atoms with van der Waals surface area (Å²) >= 11 is 6.22. The molecular formula is C25H19ClF3N3O7S. The second-order valence-electron chi connectivity index (χ2n) is 8.35. The van der Waals surface area contributed by atoms with Crippen LogP contribution in [0.4, 0.5) is 24.5 Å². The Morgan fingerprint density at radius 2 is 1.75 bits per heavy atom. The quantitative estimate of drug-likeness (QED) is 0.269. The minimum Gasteiger partial charge on any atom is -0.469 e. The smallest absolute Gasteiger partial charge is 0.416 e. The SMILES string of the molecule is COC(=O)Cc1c(Cl)[nH]c(C=C2C(=O)Nc3ccc(S(=O)(=O)Nc4ccc(C(F)(F)F)cc4)cc32)c1C(=O)OC. The fraction of sp³-hybridized carbons (Fsp3) is 0.160. The molecule has 1 aromatic heterocycles. The van der Waals surface area contributed by atoms with E-state index >= 15 is 0 Å². The van der Waals surface area contributed by atoms with E-state index in [0.29, 0.717) is 0 Å². The van der Waals surface area contributed by atoms with Gasteiger partial charge in [-0.1, -0.05) is 11.6 Å². The van der Waals surface area contributed by atoms with Crippen molar-refractivity contribution in [2.24, 2.45) is 0 Å². The van der Waals surface area contributed by atoms with E-state index in [1.54, 1.807) is 0 Å². The van der Waals surface area contributed by atoms with Gasteiger partial charge >= 0.3 is 18.1 Å². The first-order valence-corrected chi connectivity index (χ1v) is 13.0. The Labute approximate surface area is 230 Å².